The topological polar surface area (TPSA) is 35.1 Å². The number of pyridine rings is 2. The lowest BCUT2D eigenvalue weighted by Gasteiger charge is -2.12. The molecule has 0 aliphatic carbocycles. The second kappa shape index (κ2) is 8.01. The molecular formula is C36H22N4. The number of benzene rings is 5. The molecule has 40 heavy (non-hydrogen) atoms. The Morgan fingerprint density at radius 2 is 1.12 bits per heavy atom. The molecule has 9 aromatic rings. The summed E-state index contributed by atoms with van der Waals surface area (Å²) >= 11 is 0. The maximum Gasteiger partial charge on any atom is 0.146 e. The van der Waals surface area contributed by atoms with Crippen molar-refractivity contribution in [2.75, 3.05) is 0 Å². The lowest BCUT2D eigenvalue weighted by Crippen LogP contribution is -1.98. The molecule has 0 aliphatic rings. The van der Waals surface area contributed by atoms with Gasteiger partial charge in [-0.05, 0) is 48.5 Å². The smallest absolute Gasteiger partial charge is 0.146 e. The number of para-hydroxylation sites is 4. The third-order valence-corrected chi connectivity index (χ3v) is 8.09. The molecule has 0 fully saturated rings. The Morgan fingerprint density at radius 3 is 1.98 bits per heavy atom. The van der Waals surface area contributed by atoms with Crippen molar-refractivity contribution in [3.05, 3.63) is 133 Å². The monoisotopic (exact) mass is 510 g/mol. The minimum Gasteiger partial charge on any atom is -0.294 e. The van der Waals surface area contributed by atoms with Crippen LogP contribution in [0.15, 0.2) is 133 Å². The van der Waals surface area contributed by atoms with Gasteiger partial charge in [-0.25, -0.2) is 9.97 Å². The minimum absolute atomic E-state index is 0.906. The normalized spacial score (nSPS) is 12.0. The van der Waals surface area contributed by atoms with E-state index in [1.165, 1.54) is 21.5 Å². The molecule has 4 heteroatoms. The van der Waals surface area contributed by atoms with Crippen LogP contribution in [0.25, 0.3) is 77.2 Å². The number of rotatable bonds is 2. The van der Waals surface area contributed by atoms with E-state index in [0.29, 0.717) is 0 Å². The number of imidazole rings is 1. The Bertz CT molecular complexity index is 2430. The lowest BCUT2D eigenvalue weighted by atomic mass is 10.00. The summed E-state index contributed by atoms with van der Waals surface area (Å²) in [4.78, 5) is 10.3. The van der Waals surface area contributed by atoms with Gasteiger partial charge in [0.2, 0.25) is 0 Å². The molecule has 0 bridgehead atoms. The van der Waals surface area contributed by atoms with E-state index in [9.17, 15) is 0 Å². The summed E-state index contributed by atoms with van der Waals surface area (Å²) in [6, 6.07) is 46.9. The van der Waals surface area contributed by atoms with Crippen molar-refractivity contribution in [2.24, 2.45) is 0 Å². The van der Waals surface area contributed by atoms with Crippen molar-refractivity contribution < 1.29 is 0 Å². The van der Waals surface area contributed by atoms with Gasteiger partial charge in [-0.1, -0.05) is 84.9 Å². The van der Waals surface area contributed by atoms with E-state index in [-0.39, 0.29) is 0 Å². The molecule has 0 aliphatic heterocycles. The van der Waals surface area contributed by atoms with Crippen LogP contribution in [0.1, 0.15) is 0 Å². The van der Waals surface area contributed by atoms with Crippen LogP contribution in [0, 0.1) is 0 Å². The van der Waals surface area contributed by atoms with Gasteiger partial charge in [0.05, 0.1) is 33.3 Å². The van der Waals surface area contributed by atoms with Crippen LogP contribution in [0.2, 0.25) is 0 Å². The molecule has 0 atom stereocenters. The molecule has 4 heterocycles. The van der Waals surface area contributed by atoms with Crippen LogP contribution < -0.4 is 0 Å². The Hall–Kier alpha value is -5.48. The Morgan fingerprint density at radius 1 is 0.425 bits per heavy atom. The van der Waals surface area contributed by atoms with Gasteiger partial charge in [-0.3, -0.25) is 8.97 Å². The number of hydrogen-bond acceptors (Lipinski definition) is 2. The molecule has 0 N–H and O–H groups in total. The largest absolute Gasteiger partial charge is 0.294 e. The zero-order valence-electron chi connectivity index (χ0n) is 21.5. The summed E-state index contributed by atoms with van der Waals surface area (Å²) in [5, 5.41) is 6.03. The maximum absolute atomic E-state index is 5.15. The van der Waals surface area contributed by atoms with Crippen LogP contribution in [-0.2, 0) is 0 Å². The van der Waals surface area contributed by atoms with Gasteiger partial charge in [0, 0.05) is 32.5 Å². The summed E-state index contributed by atoms with van der Waals surface area (Å²) in [7, 11) is 0. The fourth-order valence-corrected chi connectivity index (χ4v) is 6.42. The van der Waals surface area contributed by atoms with Gasteiger partial charge in [0.1, 0.15) is 11.5 Å². The fraction of sp³-hybridized carbons (Fsp3) is 0. The summed E-state index contributed by atoms with van der Waals surface area (Å²) in [5.74, 6) is 0.906. The van der Waals surface area contributed by atoms with Crippen LogP contribution in [-0.4, -0.2) is 18.9 Å². The zero-order chi connectivity index (χ0) is 26.2. The highest BCUT2D eigenvalue weighted by Crippen LogP contribution is 2.41. The van der Waals surface area contributed by atoms with Crippen molar-refractivity contribution in [3.63, 3.8) is 0 Å². The average Bonchev–Trinajstić information content (AvgIpc) is 3.58. The van der Waals surface area contributed by atoms with Gasteiger partial charge in [0.15, 0.2) is 0 Å². The molecule has 5 aromatic carbocycles. The molecule has 0 amide bonds. The van der Waals surface area contributed by atoms with E-state index in [0.717, 1.165) is 55.7 Å². The van der Waals surface area contributed by atoms with Gasteiger partial charge < -0.3 is 0 Å². The first-order valence-corrected chi connectivity index (χ1v) is 13.5. The van der Waals surface area contributed by atoms with Crippen LogP contribution in [0.4, 0.5) is 0 Å². The summed E-state index contributed by atoms with van der Waals surface area (Å²) in [6.45, 7) is 0. The van der Waals surface area contributed by atoms with E-state index in [4.69, 9.17) is 9.97 Å². The van der Waals surface area contributed by atoms with E-state index in [1.54, 1.807) is 0 Å². The molecule has 0 radical (unpaired) electrons. The SMILES string of the molecule is c1ccc(-c2cccc(-n3c4ccccc4c4c5c6ccccc6n6c7ccccc7nc6c5ccc43)n2)cc1. The number of fused-ring (bicyclic) bond motifs is 12. The molecule has 4 aromatic heterocycles. The van der Waals surface area contributed by atoms with Crippen molar-refractivity contribution in [2.45, 2.75) is 0 Å². The van der Waals surface area contributed by atoms with Crippen LogP contribution in [0.3, 0.4) is 0 Å². The molecule has 0 unspecified atom stereocenters. The highest BCUT2D eigenvalue weighted by molar-refractivity contribution is 6.30. The van der Waals surface area contributed by atoms with Crippen molar-refractivity contribution >= 4 is 60.2 Å². The minimum atomic E-state index is 0.906. The van der Waals surface area contributed by atoms with Crippen LogP contribution >= 0.6 is 0 Å². The standard InChI is InChI=1S/C36H22N4/c1-2-11-23(12-3-1)27-16-10-20-33(37-27)39-29-17-7-5-14-25(29)35-32(39)22-21-26-34(35)24-13-4-8-18-30(24)40-31-19-9-6-15-28(31)38-36(26)40/h1-22H. The fourth-order valence-electron chi connectivity index (χ4n) is 6.42. The molecule has 0 saturated heterocycles. The van der Waals surface area contributed by atoms with E-state index < -0.39 is 0 Å². The Labute approximate surface area is 229 Å². The average molecular weight is 511 g/mol. The number of aromatic nitrogens is 4. The number of hydrogen-bond donors (Lipinski definition) is 0. The van der Waals surface area contributed by atoms with Gasteiger partial charge >= 0.3 is 0 Å². The predicted octanol–water partition coefficient (Wildman–Crippen LogP) is 8.95. The van der Waals surface area contributed by atoms with Crippen LogP contribution in [0.5, 0.6) is 0 Å². The molecular weight excluding hydrogens is 488 g/mol. The highest BCUT2D eigenvalue weighted by atomic mass is 15.1. The Balaban J connectivity index is 1.47. The second-order valence-corrected chi connectivity index (χ2v) is 10.3. The van der Waals surface area contributed by atoms with Crippen molar-refractivity contribution in [1.82, 2.24) is 18.9 Å². The predicted molar refractivity (Wildman–Crippen MR) is 165 cm³/mol. The van der Waals surface area contributed by atoms with E-state index >= 15 is 0 Å². The Kier molecular flexibility index (Phi) is 4.30. The first-order chi connectivity index (χ1) is 19.9. The molecule has 186 valence electrons. The second-order valence-electron chi connectivity index (χ2n) is 10.3. The summed E-state index contributed by atoms with van der Waals surface area (Å²) < 4.78 is 4.61. The molecule has 0 spiro atoms. The lowest BCUT2D eigenvalue weighted by molar-refractivity contribution is 1.08. The molecule has 0 saturated carbocycles. The third-order valence-electron chi connectivity index (χ3n) is 8.09. The summed E-state index contributed by atoms with van der Waals surface area (Å²) in [5.41, 5.74) is 8.61. The first-order valence-electron chi connectivity index (χ1n) is 13.5. The van der Waals surface area contributed by atoms with Crippen molar-refractivity contribution in [3.8, 4) is 17.1 Å². The molecule has 4 nitrogen and oxygen atoms in total. The summed E-state index contributed by atoms with van der Waals surface area (Å²) in [6.07, 6.45) is 0. The third kappa shape index (κ3) is 2.85. The number of nitrogens with zero attached hydrogens (tertiary/aromatic N) is 4. The van der Waals surface area contributed by atoms with E-state index in [2.05, 4.69) is 136 Å². The van der Waals surface area contributed by atoms with Gasteiger partial charge in [-0.15, -0.1) is 0 Å². The zero-order valence-corrected chi connectivity index (χ0v) is 21.5. The first kappa shape index (κ1) is 21.5. The van der Waals surface area contributed by atoms with Crippen molar-refractivity contribution in [1.29, 1.82) is 0 Å². The highest BCUT2D eigenvalue weighted by Gasteiger charge is 2.20. The van der Waals surface area contributed by atoms with Gasteiger partial charge in [-0.2, -0.15) is 0 Å². The quantitative estimate of drug-likeness (QED) is 0.218. The maximum atomic E-state index is 5.15. The van der Waals surface area contributed by atoms with E-state index in [1.807, 2.05) is 6.07 Å². The van der Waals surface area contributed by atoms with Gasteiger partial charge in [0.25, 0.3) is 0 Å². The molecule has 9 rings (SSSR count).